The zero-order valence-electron chi connectivity index (χ0n) is 7.16. The summed E-state index contributed by atoms with van der Waals surface area (Å²) in [5, 5.41) is 0.804. The number of thiophene rings is 1. The van der Waals surface area contributed by atoms with Gasteiger partial charge in [0.25, 0.3) is 0 Å². The largest absolute Gasteiger partial charge is 0.390 e. The van der Waals surface area contributed by atoms with Crippen LogP contribution in [0.15, 0.2) is 36.4 Å². The number of hydrogen-bond donors (Lipinski definition) is 1. The summed E-state index contributed by atoms with van der Waals surface area (Å²) >= 11 is 1.58. The second kappa shape index (κ2) is 3.23. The predicted octanol–water partition coefficient (Wildman–Crippen LogP) is 3.18. The minimum Gasteiger partial charge on any atom is -0.390 e. The first-order valence-corrected chi connectivity index (χ1v) is 4.86. The maximum atomic E-state index is 5.73. The van der Waals surface area contributed by atoms with Crippen molar-refractivity contribution in [1.29, 1.82) is 0 Å². The minimum atomic E-state index is 0.804. The van der Waals surface area contributed by atoms with E-state index < -0.39 is 0 Å². The Morgan fingerprint density at radius 1 is 1.15 bits per heavy atom. The van der Waals surface area contributed by atoms with Gasteiger partial charge in [0.2, 0.25) is 0 Å². The molecule has 1 aromatic heterocycles. The normalized spacial score (nSPS) is 10.2. The van der Waals surface area contributed by atoms with Gasteiger partial charge in [-0.25, -0.2) is 0 Å². The molecule has 0 aliphatic carbocycles. The number of hydrogen-bond acceptors (Lipinski definition) is 2. The van der Waals surface area contributed by atoms with Crippen molar-refractivity contribution in [3.05, 3.63) is 48.9 Å². The van der Waals surface area contributed by atoms with Crippen molar-refractivity contribution in [3.8, 4) is 10.4 Å². The molecule has 0 atom stereocenters. The van der Waals surface area contributed by atoms with Gasteiger partial charge in [0.15, 0.2) is 0 Å². The van der Waals surface area contributed by atoms with Crippen LogP contribution in [0.5, 0.6) is 0 Å². The molecule has 1 heterocycles. The molecule has 2 rings (SSSR count). The fourth-order valence-corrected chi connectivity index (χ4v) is 2.07. The van der Waals surface area contributed by atoms with E-state index in [1.807, 2.05) is 24.3 Å². The summed E-state index contributed by atoms with van der Waals surface area (Å²) < 4.78 is 0. The van der Waals surface area contributed by atoms with Crippen molar-refractivity contribution in [2.75, 3.05) is 5.73 Å². The van der Waals surface area contributed by atoms with Crippen LogP contribution in [0.1, 0.15) is 5.56 Å². The zero-order chi connectivity index (χ0) is 9.26. The van der Waals surface area contributed by atoms with Crippen molar-refractivity contribution in [3.63, 3.8) is 0 Å². The highest BCUT2D eigenvalue weighted by Gasteiger charge is 2.03. The Bertz CT molecular complexity index is 384. The molecule has 0 amide bonds. The minimum absolute atomic E-state index is 0.804. The second-order valence-electron chi connectivity index (χ2n) is 2.87. The molecule has 13 heavy (non-hydrogen) atoms. The molecule has 0 fully saturated rings. The van der Waals surface area contributed by atoms with E-state index in [1.54, 1.807) is 11.3 Å². The van der Waals surface area contributed by atoms with Crippen LogP contribution in [0.25, 0.3) is 10.4 Å². The fraction of sp³-hybridized carbons (Fsp3) is 0. The van der Waals surface area contributed by atoms with E-state index >= 15 is 0 Å². The first kappa shape index (κ1) is 8.32. The van der Waals surface area contributed by atoms with E-state index in [4.69, 9.17) is 5.73 Å². The summed E-state index contributed by atoms with van der Waals surface area (Å²) in [4.78, 5) is 1.18. The Morgan fingerprint density at radius 3 is 2.38 bits per heavy atom. The molecule has 1 nitrogen and oxygen atoms in total. The van der Waals surface area contributed by atoms with E-state index in [2.05, 4.69) is 19.1 Å². The molecule has 0 aliphatic rings. The average molecular weight is 188 g/mol. The Labute approximate surface area is 81.8 Å². The summed E-state index contributed by atoms with van der Waals surface area (Å²) in [7, 11) is 0. The van der Waals surface area contributed by atoms with Gasteiger partial charge < -0.3 is 5.73 Å². The average Bonchev–Trinajstić information content (AvgIpc) is 2.49. The van der Waals surface area contributed by atoms with Gasteiger partial charge in [0.05, 0.1) is 5.00 Å². The SMILES string of the molecule is [CH2]c1cc(-c2ccccc2)sc1N. The molecular formula is C11H10NS. The van der Waals surface area contributed by atoms with E-state index in [0.717, 1.165) is 10.6 Å². The topological polar surface area (TPSA) is 26.0 Å². The summed E-state index contributed by atoms with van der Waals surface area (Å²) in [5.74, 6) is 0. The van der Waals surface area contributed by atoms with Crippen LogP contribution < -0.4 is 5.73 Å². The van der Waals surface area contributed by atoms with Crippen molar-refractivity contribution >= 4 is 16.3 Å². The second-order valence-corrected chi connectivity index (χ2v) is 3.95. The third-order valence-electron chi connectivity index (χ3n) is 1.90. The molecule has 2 aromatic rings. The zero-order valence-corrected chi connectivity index (χ0v) is 7.97. The van der Waals surface area contributed by atoms with Crippen LogP contribution in [0, 0.1) is 6.92 Å². The van der Waals surface area contributed by atoms with Crippen molar-refractivity contribution in [2.24, 2.45) is 0 Å². The predicted molar refractivity (Wildman–Crippen MR) is 58.6 cm³/mol. The lowest BCUT2D eigenvalue weighted by atomic mass is 10.2. The molecule has 0 aliphatic heterocycles. The van der Waals surface area contributed by atoms with Gasteiger partial charge in [0, 0.05) is 4.88 Å². The van der Waals surface area contributed by atoms with E-state index in [0.29, 0.717) is 0 Å². The highest BCUT2D eigenvalue weighted by Crippen LogP contribution is 2.32. The van der Waals surface area contributed by atoms with Crippen LogP contribution in [0.2, 0.25) is 0 Å². The molecule has 0 saturated heterocycles. The number of anilines is 1. The van der Waals surface area contributed by atoms with Gasteiger partial charge in [-0.3, -0.25) is 0 Å². The number of rotatable bonds is 1. The number of nitrogen functional groups attached to an aromatic ring is 1. The highest BCUT2D eigenvalue weighted by atomic mass is 32.1. The smallest absolute Gasteiger partial charge is 0.0895 e. The summed E-state index contributed by atoms with van der Waals surface area (Å²) in [6, 6.07) is 12.2. The monoisotopic (exact) mass is 188 g/mol. The Kier molecular flexibility index (Phi) is 2.07. The van der Waals surface area contributed by atoms with Gasteiger partial charge in [-0.2, -0.15) is 0 Å². The van der Waals surface area contributed by atoms with Crippen LogP contribution >= 0.6 is 11.3 Å². The Hall–Kier alpha value is -1.28. The molecule has 0 spiro atoms. The molecular weight excluding hydrogens is 178 g/mol. The number of benzene rings is 1. The lowest BCUT2D eigenvalue weighted by Gasteiger charge is -1.93. The molecule has 2 heteroatoms. The molecule has 2 N–H and O–H groups in total. The van der Waals surface area contributed by atoms with E-state index in [-0.39, 0.29) is 0 Å². The molecule has 0 saturated carbocycles. The lowest BCUT2D eigenvalue weighted by molar-refractivity contribution is 1.68. The van der Waals surface area contributed by atoms with Crippen LogP contribution in [0.4, 0.5) is 5.00 Å². The first-order valence-electron chi connectivity index (χ1n) is 4.04. The van der Waals surface area contributed by atoms with E-state index in [1.165, 1.54) is 10.4 Å². The van der Waals surface area contributed by atoms with Crippen molar-refractivity contribution in [2.45, 2.75) is 0 Å². The standard InChI is InChI=1S/C11H10NS/c1-8-7-10(13-11(8)12)9-5-3-2-4-6-9/h2-7H,1,12H2. The summed E-state index contributed by atoms with van der Waals surface area (Å²) in [6.45, 7) is 3.85. The third-order valence-corrected chi connectivity index (χ3v) is 2.96. The molecule has 0 unspecified atom stereocenters. The molecule has 1 radical (unpaired) electrons. The van der Waals surface area contributed by atoms with Crippen molar-refractivity contribution in [1.82, 2.24) is 0 Å². The Balaban J connectivity index is 2.48. The van der Waals surface area contributed by atoms with Gasteiger partial charge in [-0.05, 0) is 24.1 Å². The number of nitrogens with two attached hydrogens (primary N) is 1. The van der Waals surface area contributed by atoms with E-state index in [9.17, 15) is 0 Å². The summed E-state index contributed by atoms with van der Waals surface area (Å²) in [5.41, 5.74) is 7.86. The van der Waals surface area contributed by atoms with Gasteiger partial charge >= 0.3 is 0 Å². The Morgan fingerprint density at radius 2 is 1.85 bits per heavy atom. The van der Waals surface area contributed by atoms with Crippen molar-refractivity contribution < 1.29 is 0 Å². The maximum absolute atomic E-state index is 5.73. The van der Waals surface area contributed by atoms with Crippen LogP contribution in [-0.2, 0) is 0 Å². The van der Waals surface area contributed by atoms with Crippen LogP contribution in [0.3, 0.4) is 0 Å². The first-order chi connectivity index (χ1) is 6.27. The fourth-order valence-electron chi connectivity index (χ4n) is 1.19. The van der Waals surface area contributed by atoms with Gasteiger partial charge in [-0.15, -0.1) is 11.3 Å². The quantitative estimate of drug-likeness (QED) is 0.730. The summed E-state index contributed by atoms with van der Waals surface area (Å²) in [6.07, 6.45) is 0. The molecule has 1 aromatic carbocycles. The maximum Gasteiger partial charge on any atom is 0.0895 e. The van der Waals surface area contributed by atoms with Gasteiger partial charge in [0.1, 0.15) is 0 Å². The molecule has 65 valence electrons. The van der Waals surface area contributed by atoms with Crippen LogP contribution in [-0.4, -0.2) is 0 Å². The third kappa shape index (κ3) is 1.58. The molecule has 0 bridgehead atoms. The van der Waals surface area contributed by atoms with Gasteiger partial charge in [-0.1, -0.05) is 30.3 Å². The highest BCUT2D eigenvalue weighted by molar-refractivity contribution is 7.19. The lowest BCUT2D eigenvalue weighted by Crippen LogP contribution is -1.78.